The average Bonchev–Trinajstić information content (AvgIpc) is 2.67. The van der Waals surface area contributed by atoms with E-state index < -0.39 is 0 Å². The molecule has 1 aromatic heterocycles. The first-order valence-electron chi connectivity index (χ1n) is 5.74. The minimum Gasteiger partial charge on any atom is -0.390 e. The van der Waals surface area contributed by atoms with Crippen molar-refractivity contribution in [3.63, 3.8) is 0 Å². The Hall–Kier alpha value is -0.910. The molecule has 0 spiro atoms. The Morgan fingerprint density at radius 2 is 2.31 bits per heavy atom. The number of aliphatic hydroxyl groups is 1. The predicted octanol–water partition coefficient (Wildman–Crippen LogP) is 0.210. The fraction of sp³-hybridized carbons (Fsp3) is 0.727. The van der Waals surface area contributed by atoms with Crippen molar-refractivity contribution in [3.05, 3.63) is 17.7 Å². The zero-order valence-corrected chi connectivity index (χ0v) is 9.98. The molecule has 0 amide bonds. The van der Waals surface area contributed by atoms with Crippen LogP contribution in [0.15, 0.2) is 6.20 Å². The average molecular weight is 224 g/mol. The lowest BCUT2D eigenvalue weighted by molar-refractivity contribution is 0.219. The van der Waals surface area contributed by atoms with Gasteiger partial charge in [-0.25, -0.2) is 4.98 Å². The number of nitrogens with one attached hydrogen (secondary N) is 1. The van der Waals surface area contributed by atoms with Crippen LogP contribution in [0.1, 0.15) is 24.0 Å². The summed E-state index contributed by atoms with van der Waals surface area (Å²) in [5.74, 6) is 0.959. The second-order valence-electron chi connectivity index (χ2n) is 4.56. The first kappa shape index (κ1) is 11.6. The van der Waals surface area contributed by atoms with E-state index in [9.17, 15) is 0 Å². The number of aromatic nitrogens is 2. The maximum atomic E-state index is 9.03. The maximum absolute atomic E-state index is 9.03. The molecule has 16 heavy (non-hydrogen) atoms. The van der Waals surface area contributed by atoms with E-state index in [0.29, 0.717) is 6.04 Å². The summed E-state index contributed by atoms with van der Waals surface area (Å²) in [6.07, 6.45) is 2.91. The van der Waals surface area contributed by atoms with E-state index >= 15 is 0 Å². The van der Waals surface area contributed by atoms with Gasteiger partial charge in [0.1, 0.15) is 5.82 Å². The van der Waals surface area contributed by atoms with Crippen molar-refractivity contribution >= 4 is 0 Å². The van der Waals surface area contributed by atoms with Gasteiger partial charge in [0.05, 0.1) is 24.5 Å². The lowest BCUT2D eigenvalue weighted by Gasteiger charge is -2.25. The van der Waals surface area contributed by atoms with Crippen LogP contribution in [0.2, 0.25) is 0 Å². The van der Waals surface area contributed by atoms with Gasteiger partial charge < -0.3 is 15.0 Å². The molecule has 1 unspecified atom stereocenters. The normalized spacial score (nSPS) is 24.6. The molecule has 1 saturated heterocycles. The van der Waals surface area contributed by atoms with Crippen molar-refractivity contribution in [1.29, 1.82) is 0 Å². The van der Waals surface area contributed by atoms with Crippen molar-refractivity contribution in [3.8, 4) is 0 Å². The highest BCUT2D eigenvalue weighted by molar-refractivity contribution is 5.05. The summed E-state index contributed by atoms with van der Waals surface area (Å²) >= 11 is 0. The minimum absolute atomic E-state index is 0.0271. The Balaban J connectivity index is 2.15. The third-order valence-electron chi connectivity index (χ3n) is 3.20. The third kappa shape index (κ3) is 2.42. The Labute approximate surface area is 96.1 Å². The van der Waals surface area contributed by atoms with Crippen molar-refractivity contribution in [1.82, 2.24) is 19.8 Å². The standard InChI is InChI=1S/C11H20N4O/c1-14-4-3-5-15(2)10(7-14)11-12-6-9(8-16)13-11/h6,10,16H,3-5,7-8H2,1-2H3,(H,12,13). The lowest BCUT2D eigenvalue weighted by atomic mass is 10.2. The van der Waals surface area contributed by atoms with E-state index in [1.165, 1.54) is 6.42 Å². The van der Waals surface area contributed by atoms with E-state index in [0.717, 1.165) is 31.2 Å². The molecule has 0 saturated carbocycles. The zero-order chi connectivity index (χ0) is 11.5. The van der Waals surface area contributed by atoms with E-state index in [2.05, 4.69) is 33.9 Å². The monoisotopic (exact) mass is 224 g/mol. The highest BCUT2D eigenvalue weighted by atomic mass is 16.3. The summed E-state index contributed by atoms with van der Waals surface area (Å²) < 4.78 is 0. The molecule has 1 atom stereocenters. The van der Waals surface area contributed by atoms with Gasteiger partial charge in [0.2, 0.25) is 0 Å². The van der Waals surface area contributed by atoms with Crippen molar-refractivity contribution in [2.45, 2.75) is 19.1 Å². The number of likely N-dealkylation sites (N-methyl/N-ethyl adjacent to an activating group) is 2. The minimum atomic E-state index is 0.0271. The Kier molecular flexibility index (Phi) is 3.58. The summed E-state index contributed by atoms with van der Waals surface area (Å²) in [4.78, 5) is 12.2. The molecule has 0 aliphatic carbocycles. The fourth-order valence-electron chi connectivity index (χ4n) is 2.19. The van der Waals surface area contributed by atoms with Gasteiger partial charge in [0.15, 0.2) is 0 Å². The quantitative estimate of drug-likeness (QED) is 0.754. The third-order valence-corrected chi connectivity index (χ3v) is 3.20. The number of aromatic amines is 1. The Morgan fingerprint density at radius 3 is 3.00 bits per heavy atom. The summed E-state index contributed by atoms with van der Waals surface area (Å²) in [5.41, 5.74) is 0.787. The van der Waals surface area contributed by atoms with Gasteiger partial charge in [0, 0.05) is 6.54 Å². The topological polar surface area (TPSA) is 55.4 Å². The molecule has 5 nitrogen and oxygen atoms in total. The molecule has 1 aliphatic rings. The van der Waals surface area contributed by atoms with Crippen LogP contribution in [0.4, 0.5) is 0 Å². The number of hydrogen-bond donors (Lipinski definition) is 2. The number of rotatable bonds is 2. The number of nitrogens with zero attached hydrogens (tertiary/aromatic N) is 3. The highest BCUT2D eigenvalue weighted by Gasteiger charge is 2.24. The molecule has 1 aliphatic heterocycles. The van der Waals surface area contributed by atoms with Gasteiger partial charge in [-0.3, -0.25) is 4.90 Å². The van der Waals surface area contributed by atoms with Crippen LogP contribution < -0.4 is 0 Å². The molecule has 5 heteroatoms. The molecule has 0 bridgehead atoms. The van der Waals surface area contributed by atoms with Crippen molar-refractivity contribution in [2.75, 3.05) is 33.7 Å². The molecule has 2 heterocycles. The smallest absolute Gasteiger partial charge is 0.125 e. The first-order chi connectivity index (χ1) is 7.70. The second-order valence-corrected chi connectivity index (χ2v) is 4.56. The van der Waals surface area contributed by atoms with Gasteiger partial charge >= 0.3 is 0 Å². The molecular weight excluding hydrogens is 204 g/mol. The summed E-state index contributed by atoms with van der Waals surface area (Å²) in [7, 11) is 4.27. The molecule has 1 aromatic rings. The Bertz CT molecular complexity index is 338. The zero-order valence-electron chi connectivity index (χ0n) is 9.98. The van der Waals surface area contributed by atoms with Gasteiger partial charge in [-0.1, -0.05) is 0 Å². The largest absolute Gasteiger partial charge is 0.390 e. The molecule has 90 valence electrons. The van der Waals surface area contributed by atoms with Gasteiger partial charge in [-0.2, -0.15) is 0 Å². The van der Waals surface area contributed by atoms with Crippen LogP contribution in [0.5, 0.6) is 0 Å². The summed E-state index contributed by atoms with van der Waals surface area (Å²) in [6, 6.07) is 0.299. The first-order valence-corrected chi connectivity index (χ1v) is 5.74. The SMILES string of the molecule is CN1CCCN(C)C(c2ncc(CO)[nH]2)C1. The van der Waals surface area contributed by atoms with Gasteiger partial charge in [-0.05, 0) is 33.6 Å². The number of aliphatic hydroxyl groups excluding tert-OH is 1. The number of imidazole rings is 1. The summed E-state index contributed by atoms with van der Waals surface area (Å²) in [5, 5.41) is 9.03. The van der Waals surface area contributed by atoms with Crippen LogP contribution in [-0.2, 0) is 6.61 Å². The van der Waals surface area contributed by atoms with Gasteiger partial charge in [0.25, 0.3) is 0 Å². The van der Waals surface area contributed by atoms with Crippen LogP contribution in [0.3, 0.4) is 0 Å². The predicted molar refractivity (Wildman–Crippen MR) is 62.0 cm³/mol. The number of H-pyrrole nitrogens is 1. The second kappa shape index (κ2) is 4.95. The van der Waals surface area contributed by atoms with E-state index in [1.807, 2.05) is 0 Å². The van der Waals surface area contributed by atoms with E-state index in [4.69, 9.17) is 5.11 Å². The van der Waals surface area contributed by atoms with E-state index in [-0.39, 0.29) is 6.61 Å². The lowest BCUT2D eigenvalue weighted by Crippen LogP contribution is -2.31. The number of hydrogen-bond acceptors (Lipinski definition) is 4. The van der Waals surface area contributed by atoms with Crippen molar-refractivity contribution in [2.24, 2.45) is 0 Å². The van der Waals surface area contributed by atoms with E-state index in [1.54, 1.807) is 6.20 Å². The fourth-order valence-corrected chi connectivity index (χ4v) is 2.19. The van der Waals surface area contributed by atoms with Gasteiger partial charge in [-0.15, -0.1) is 0 Å². The van der Waals surface area contributed by atoms with Crippen LogP contribution in [0, 0.1) is 0 Å². The van der Waals surface area contributed by atoms with Crippen molar-refractivity contribution < 1.29 is 5.11 Å². The van der Waals surface area contributed by atoms with Crippen LogP contribution >= 0.6 is 0 Å². The van der Waals surface area contributed by atoms with Crippen LogP contribution in [-0.4, -0.2) is 58.6 Å². The molecule has 2 N–H and O–H groups in total. The molecular formula is C11H20N4O. The highest BCUT2D eigenvalue weighted by Crippen LogP contribution is 2.20. The van der Waals surface area contributed by atoms with Crippen LogP contribution in [0.25, 0.3) is 0 Å². The Morgan fingerprint density at radius 1 is 1.50 bits per heavy atom. The molecule has 2 rings (SSSR count). The molecule has 1 fully saturated rings. The summed E-state index contributed by atoms with van der Waals surface area (Å²) in [6.45, 7) is 3.23. The molecule has 0 aromatic carbocycles. The molecule has 0 radical (unpaired) electrons. The maximum Gasteiger partial charge on any atom is 0.125 e.